The van der Waals surface area contributed by atoms with Crippen LogP contribution in [0, 0.1) is 11.7 Å². The third-order valence-electron chi connectivity index (χ3n) is 2.84. The van der Waals surface area contributed by atoms with Gasteiger partial charge in [0.2, 0.25) is 0 Å². The molecule has 0 unspecified atom stereocenters. The van der Waals surface area contributed by atoms with Gasteiger partial charge < -0.3 is 4.98 Å². The van der Waals surface area contributed by atoms with E-state index < -0.39 is 0 Å². The van der Waals surface area contributed by atoms with E-state index in [4.69, 9.17) is 12.2 Å². The lowest BCUT2D eigenvalue weighted by Gasteiger charge is -1.99. The molecular formula is C12H13N5S. The Bertz CT molecular complexity index is 764. The lowest BCUT2D eigenvalue weighted by atomic mass is 10.3. The molecule has 3 aromatic heterocycles. The number of aromatic nitrogens is 5. The minimum absolute atomic E-state index is 0.615. The van der Waals surface area contributed by atoms with Gasteiger partial charge in [-0.25, -0.2) is 4.98 Å². The molecule has 0 saturated heterocycles. The molecule has 0 saturated carbocycles. The van der Waals surface area contributed by atoms with Crippen molar-refractivity contribution in [2.45, 2.75) is 20.4 Å². The number of hydrogen-bond donors (Lipinski definition) is 1. The molecule has 0 bridgehead atoms. The summed E-state index contributed by atoms with van der Waals surface area (Å²) in [4.78, 5) is 7.59. The molecule has 0 aliphatic heterocycles. The minimum Gasteiger partial charge on any atom is -0.329 e. The Labute approximate surface area is 109 Å². The zero-order chi connectivity index (χ0) is 12.7. The summed E-state index contributed by atoms with van der Waals surface area (Å²) >= 11 is 5.34. The van der Waals surface area contributed by atoms with E-state index in [0.717, 1.165) is 29.1 Å². The summed E-state index contributed by atoms with van der Waals surface area (Å²) in [7, 11) is 0. The van der Waals surface area contributed by atoms with Crippen LogP contribution in [0.5, 0.6) is 0 Å². The van der Waals surface area contributed by atoms with Crippen molar-refractivity contribution in [3.63, 3.8) is 0 Å². The van der Waals surface area contributed by atoms with E-state index in [0.29, 0.717) is 4.77 Å². The largest absolute Gasteiger partial charge is 0.329 e. The second kappa shape index (κ2) is 4.06. The van der Waals surface area contributed by atoms with Crippen molar-refractivity contribution in [2.24, 2.45) is 0 Å². The maximum atomic E-state index is 5.34. The van der Waals surface area contributed by atoms with Crippen LogP contribution >= 0.6 is 12.2 Å². The fraction of sp³-hybridized carbons (Fsp3) is 0.250. The van der Waals surface area contributed by atoms with Crippen molar-refractivity contribution >= 4 is 23.4 Å². The second-order valence-corrected chi connectivity index (χ2v) is 4.57. The van der Waals surface area contributed by atoms with Gasteiger partial charge in [-0.05, 0) is 37.7 Å². The Morgan fingerprint density at radius 1 is 1.44 bits per heavy atom. The Balaban J connectivity index is 2.28. The molecule has 0 spiro atoms. The number of aryl methyl sites for hydroxylation is 2. The summed E-state index contributed by atoms with van der Waals surface area (Å²) in [5.74, 6) is 0.796. The fourth-order valence-corrected chi connectivity index (χ4v) is 2.25. The number of fused-ring (bicyclic) bond motifs is 1. The molecule has 18 heavy (non-hydrogen) atoms. The Morgan fingerprint density at radius 3 is 3.00 bits per heavy atom. The highest BCUT2D eigenvalue weighted by Gasteiger charge is 2.10. The van der Waals surface area contributed by atoms with Crippen LogP contribution < -0.4 is 0 Å². The quantitative estimate of drug-likeness (QED) is 0.720. The van der Waals surface area contributed by atoms with E-state index in [1.807, 2.05) is 47.6 Å². The summed E-state index contributed by atoms with van der Waals surface area (Å²) < 4.78 is 4.34. The lowest BCUT2D eigenvalue weighted by molar-refractivity contribution is 0.653. The molecule has 0 radical (unpaired) electrons. The maximum absolute atomic E-state index is 5.34. The second-order valence-electron chi connectivity index (χ2n) is 4.18. The molecule has 0 atom stereocenters. The molecule has 3 aromatic rings. The van der Waals surface area contributed by atoms with Gasteiger partial charge in [0.1, 0.15) is 0 Å². The number of imidazole rings is 1. The Kier molecular flexibility index (Phi) is 2.52. The molecule has 0 aromatic carbocycles. The van der Waals surface area contributed by atoms with Crippen molar-refractivity contribution < 1.29 is 0 Å². The first-order valence-electron chi connectivity index (χ1n) is 5.80. The summed E-state index contributed by atoms with van der Waals surface area (Å²) in [6.07, 6.45) is 3.77. The summed E-state index contributed by atoms with van der Waals surface area (Å²) in [6, 6.07) is 3.97. The van der Waals surface area contributed by atoms with Gasteiger partial charge in [0.25, 0.3) is 0 Å². The van der Waals surface area contributed by atoms with Crippen molar-refractivity contribution in [1.82, 2.24) is 24.3 Å². The molecule has 3 heterocycles. The predicted molar refractivity (Wildman–Crippen MR) is 72.5 cm³/mol. The normalized spacial score (nSPS) is 11.2. The van der Waals surface area contributed by atoms with Gasteiger partial charge in [0.05, 0.1) is 5.52 Å². The zero-order valence-corrected chi connectivity index (χ0v) is 11.0. The van der Waals surface area contributed by atoms with E-state index >= 15 is 0 Å². The van der Waals surface area contributed by atoms with Crippen LogP contribution in [0.25, 0.3) is 17.0 Å². The number of nitrogens with zero attached hydrogens (tertiary/aromatic N) is 4. The van der Waals surface area contributed by atoms with Crippen LogP contribution in [-0.4, -0.2) is 24.3 Å². The molecule has 0 aliphatic carbocycles. The highest BCUT2D eigenvalue weighted by molar-refractivity contribution is 7.71. The van der Waals surface area contributed by atoms with Crippen molar-refractivity contribution in [3.8, 4) is 5.82 Å². The van der Waals surface area contributed by atoms with Gasteiger partial charge in [-0.15, -0.1) is 0 Å². The highest BCUT2D eigenvalue weighted by Crippen LogP contribution is 2.17. The number of nitrogens with one attached hydrogen (secondary N) is 1. The van der Waals surface area contributed by atoms with Gasteiger partial charge in [0, 0.05) is 25.0 Å². The Hall–Kier alpha value is -1.95. The summed E-state index contributed by atoms with van der Waals surface area (Å²) in [5, 5.41) is 4.46. The van der Waals surface area contributed by atoms with Crippen molar-refractivity contribution in [3.05, 3.63) is 34.9 Å². The van der Waals surface area contributed by atoms with Gasteiger partial charge >= 0.3 is 0 Å². The third-order valence-corrected chi connectivity index (χ3v) is 3.12. The molecule has 3 rings (SSSR count). The molecule has 5 nitrogen and oxygen atoms in total. The van der Waals surface area contributed by atoms with Crippen molar-refractivity contribution in [1.29, 1.82) is 0 Å². The molecule has 92 valence electrons. The monoisotopic (exact) mass is 259 g/mol. The SMILES string of the molecule is CCn1ccc(-n2c(=S)[nH]c3cc(C)cnc32)n1. The van der Waals surface area contributed by atoms with E-state index in [2.05, 4.69) is 15.1 Å². The van der Waals surface area contributed by atoms with E-state index in [1.165, 1.54) is 0 Å². The van der Waals surface area contributed by atoms with E-state index in [1.54, 1.807) is 0 Å². The first kappa shape index (κ1) is 11.2. The van der Waals surface area contributed by atoms with Crippen LogP contribution in [0.2, 0.25) is 0 Å². The fourth-order valence-electron chi connectivity index (χ4n) is 1.96. The third kappa shape index (κ3) is 1.65. The Morgan fingerprint density at radius 2 is 2.28 bits per heavy atom. The predicted octanol–water partition coefficient (Wildman–Crippen LogP) is 2.61. The van der Waals surface area contributed by atoms with E-state index in [9.17, 15) is 0 Å². The first-order valence-corrected chi connectivity index (χ1v) is 6.21. The molecule has 1 N–H and O–H groups in total. The summed E-state index contributed by atoms with van der Waals surface area (Å²) in [5.41, 5.74) is 2.85. The zero-order valence-electron chi connectivity index (χ0n) is 10.2. The van der Waals surface area contributed by atoms with Crippen LogP contribution in [-0.2, 0) is 6.54 Å². The van der Waals surface area contributed by atoms with Gasteiger partial charge in [-0.3, -0.25) is 9.25 Å². The minimum atomic E-state index is 0.615. The first-order chi connectivity index (χ1) is 8.69. The van der Waals surface area contributed by atoms with Crippen LogP contribution in [0.3, 0.4) is 0 Å². The molecule has 6 heteroatoms. The number of aromatic amines is 1. The number of pyridine rings is 1. The maximum Gasteiger partial charge on any atom is 0.185 e. The smallest absolute Gasteiger partial charge is 0.185 e. The lowest BCUT2D eigenvalue weighted by Crippen LogP contribution is -2.00. The molecule has 0 aliphatic rings. The average Bonchev–Trinajstić information content (AvgIpc) is 2.91. The molecule has 0 fully saturated rings. The standard InChI is InChI=1S/C12H13N5S/c1-3-16-5-4-10(15-16)17-11-9(14-12(17)18)6-8(2)7-13-11/h4-7H,3H2,1-2H3,(H,14,18). The van der Waals surface area contributed by atoms with Crippen LogP contribution in [0.1, 0.15) is 12.5 Å². The summed E-state index contributed by atoms with van der Waals surface area (Å²) in [6.45, 7) is 4.89. The van der Waals surface area contributed by atoms with Crippen LogP contribution in [0.4, 0.5) is 0 Å². The molecular weight excluding hydrogens is 246 g/mol. The van der Waals surface area contributed by atoms with Gasteiger partial charge in [-0.1, -0.05) is 0 Å². The van der Waals surface area contributed by atoms with E-state index in [-0.39, 0.29) is 0 Å². The van der Waals surface area contributed by atoms with Gasteiger partial charge in [0.15, 0.2) is 16.2 Å². The average molecular weight is 259 g/mol. The number of rotatable bonds is 2. The highest BCUT2D eigenvalue weighted by atomic mass is 32.1. The topological polar surface area (TPSA) is 51.4 Å². The number of hydrogen-bond acceptors (Lipinski definition) is 3. The van der Waals surface area contributed by atoms with Crippen LogP contribution in [0.15, 0.2) is 24.5 Å². The van der Waals surface area contributed by atoms with Gasteiger partial charge in [-0.2, -0.15) is 5.10 Å². The molecule has 0 amide bonds. The number of H-pyrrole nitrogens is 1. The van der Waals surface area contributed by atoms with Crippen molar-refractivity contribution in [2.75, 3.05) is 0 Å².